The Balaban J connectivity index is 2.28. The standard InChI is InChI=1S/C12H11Br2ClN2OS/c1-3-17-8(11(15)6(2)16-17)5-9(18)10-4-7(13)12(14)19-10/h4H,3,5H2,1-2H3. The van der Waals surface area contributed by atoms with Gasteiger partial charge in [0.05, 0.1) is 31.5 Å². The zero-order chi connectivity index (χ0) is 14.2. The van der Waals surface area contributed by atoms with Crippen LogP contribution in [-0.4, -0.2) is 15.6 Å². The van der Waals surface area contributed by atoms with Crippen LogP contribution in [0.25, 0.3) is 0 Å². The summed E-state index contributed by atoms with van der Waals surface area (Å²) in [5, 5.41) is 4.90. The van der Waals surface area contributed by atoms with E-state index in [0.29, 0.717) is 16.4 Å². The molecule has 0 fully saturated rings. The maximum atomic E-state index is 12.3. The van der Waals surface area contributed by atoms with E-state index in [1.807, 2.05) is 19.9 Å². The van der Waals surface area contributed by atoms with Crippen LogP contribution in [0.5, 0.6) is 0 Å². The Kier molecular flexibility index (Phi) is 4.87. The number of rotatable bonds is 4. The van der Waals surface area contributed by atoms with Gasteiger partial charge < -0.3 is 0 Å². The molecule has 2 heterocycles. The van der Waals surface area contributed by atoms with Crippen LogP contribution in [0.4, 0.5) is 0 Å². The second-order valence-corrected chi connectivity index (χ2v) is 7.60. The van der Waals surface area contributed by atoms with E-state index >= 15 is 0 Å². The molecule has 0 saturated carbocycles. The summed E-state index contributed by atoms with van der Waals surface area (Å²) < 4.78 is 3.60. The van der Waals surface area contributed by atoms with Crippen LogP contribution in [0, 0.1) is 6.92 Å². The number of carbonyl (C=O) groups excluding carboxylic acids is 1. The molecule has 3 nitrogen and oxygen atoms in total. The molecule has 2 aromatic heterocycles. The van der Waals surface area contributed by atoms with E-state index in [1.54, 1.807) is 4.68 Å². The largest absolute Gasteiger partial charge is 0.293 e. The highest BCUT2D eigenvalue weighted by Crippen LogP contribution is 2.33. The fraction of sp³-hybridized carbons (Fsp3) is 0.333. The van der Waals surface area contributed by atoms with Crippen LogP contribution in [0.15, 0.2) is 14.3 Å². The van der Waals surface area contributed by atoms with Gasteiger partial charge in [-0.25, -0.2) is 0 Å². The minimum atomic E-state index is 0.0490. The lowest BCUT2D eigenvalue weighted by Crippen LogP contribution is -2.09. The van der Waals surface area contributed by atoms with Gasteiger partial charge in [-0.2, -0.15) is 5.10 Å². The van der Waals surface area contributed by atoms with Gasteiger partial charge in [0.25, 0.3) is 0 Å². The van der Waals surface area contributed by atoms with Gasteiger partial charge in [0.1, 0.15) is 0 Å². The molecule has 0 spiro atoms. The lowest BCUT2D eigenvalue weighted by Gasteiger charge is -2.03. The summed E-state index contributed by atoms with van der Waals surface area (Å²) >= 11 is 14.4. The highest BCUT2D eigenvalue weighted by atomic mass is 79.9. The molecule has 2 rings (SSSR count). The van der Waals surface area contributed by atoms with Crippen LogP contribution in [0.3, 0.4) is 0 Å². The molecule has 0 atom stereocenters. The molecule has 0 aromatic carbocycles. The summed E-state index contributed by atoms with van der Waals surface area (Å²) in [5.74, 6) is 0.0490. The number of hydrogen-bond acceptors (Lipinski definition) is 3. The topological polar surface area (TPSA) is 34.9 Å². The van der Waals surface area contributed by atoms with Crippen LogP contribution in [0.2, 0.25) is 5.02 Å². The highest BCUT2D eigenvalue weighted by molar-refractivity contribution is 9.13. The summed E-state index contributed by atoms with van der Waals surface area (Å²) in [6, 6.07) is 1.82. The number of Topliss-reactive ketones (excluding diaryl/α,β-unsaturated/α-hetero) is 1. The van der Waals surface area contributed by atoms with Crippen LogP contribution < -0.4 is 0 Å². The van der Waals surface area contributed by atoms with Crippen molar-refractivity contribution in [2.24, 2.45) is 0 Å². The Bertz CT molecular complexity index is 616. The summed E-state index contributed by atoms with van der Waals surface area (Å²) in [7, 11) is 0. The van der Waals surface area contributed by atoms with Crippen molar-refractivity contribution in [2.45, 2.75) is 26.8 Å². The van der Waals surface area contributed by atoms with Gasteiger partial charge in [0.15, 0.2) is 5.78 Å². The highest BCUT2D eigenvalue weighted by Gasteiger charge is 2.19. The van der Waals surface area contributed by atoms with E-state index in [4.69, 9.17) is 11.6 Å². The first kappa shape index (κ1) is 15.2. The predicted molar refractivity (Wildman–Crippen MR) is 85.4 cm³/mol. The fourth-order valence-corrected chi connectivity index (χ4v) is 3.94. The van der Waals surface area contributed by atoms with E-state index in [1.165, 1.54) is 11.3 Å². The molecule has 0 aliphatic carbocycles. The number of carbonyl (C=O) groups is 1. The number of thiophene rings is 1. The molecule has 102 valence electrons. The average Bonchev–Trinajstić information content (AvgIpc) is 2.84. The van der Waals surface area contributed by atoms with E-state index in [9.17, 15) is 4.79 Å². The molecule has 2 aromatic rings. The average molecular weight is 427 g/mol. The predicted octanol–water partition coefficient (Wildman–Crippen LogP) is 4.88. The second-order valence-electron chi connectivity index (χ2n) is 3.99. The maximum absolute atomic E-state index is 12.3. The lowest BCUT2D eigenvalue weighted by atomic mass is 10.2. The molecular formula is C12H11Br2ClN2OS. The van der Waals surface area contributed by atoms with E-state index in [0.717, 1.165) is 19.6 Å². The van der Waals surface area contributed by atoms with Gasteiger partial charge in [-0.05, 0) is 51.8 Å². The van der Waals surface area contributed by atoms with Gasteiger partial charge in [0.2, 0.25) is 0 Å². The molecule has 0 aliphatic heterocycles. The zero-order valence-corrected chi connectivity index (χ0v) is 15.1. The smallest absolute Gasteiger partial charge is 0.178 e. The molecule has 0 unspecified atom stereocenters. The minimum absolute atomic E-state index is 0.0490. The SMILES string of the molecule is CCn1nc(C)c(Cl)c1CC(=O)c1cc(Br)c(Br)s1. The van der Waals surface area contributed by atoms with Crippen molar-refractivity contribution in [2.75, 3.05) is 0 Å². The van der Waals surface area contributed by atoms with Gasteiger partial charge in [0, 0.05) is 11.0 Å². The van der Waals surface area contributed by atoms with Gasteiger partial charge in [-0.15, -0.1) is 11.3 Å². The fourth-order valence-electron chi connectivity index (χ4n) is 1.76. The van der Waals surface area contributed by atoms with Crippen molar-refractivity contribution in [3.8, 4) is 0 Å². The van der Waals surface area contributed by atoms with E-state index in [-0.39, 0.29) is 12.2 Å². The van der Waals surface area contributed by atoms with E-state index < -0.39 is 0 Å². The summed E-state index contributed by atoms with van der Waals surface area (Å²) in [5.41, 5.74) is 1.55. The number of halogens is 3. The molecule has 0 amide bonds. The van der Waals surface area contributed by atoms with Crippen LogP contribution >= 0.6 is 54.8 Å². The Morgan fingerprint density at radius 2 is 2.21 bits per heavy atom. The van der Waals surface area contributed by atoms with Crippen molar-refractivity contribution in [1.29, 1.82) is 0 Å². The third-order valence-electron chi connectivity index (χ3n) is 2.70. The number of aromatic nitrogens is 2. The first-order chi connectivity index (χ1) is 8.93. The second kappa shape index (κ2) is 6.08. The van der Waals surface area contributed by atoms with Crippen LogP contribution in [-0.2, 0) is 13.0 Å². The van der Waals surface area contributed by atoms with Crippen molar-refractivity contribution in [3.63, 3.8) is 0 Å². The van der Waals surface area contributed by atoms with Crippen molar-refractivity contribution in [3.05, 3.63) is 35.6 Å². The third kappa shape index (κ3) is 3.12. The molecule has 0 saturated heterocycles. The van der Waals surface area contributed by atoms with E-state index in [2.05, 4.69) is 37.0 Å². The first-order valence-corrected chi connectivity index (χ1v) is 8.41. The van der Waals surface area contributed by atoms with Crippen molar-refractivity contribution < 1.29 is 4.79 Å². The van der Waals surface area contributed by atoms with Gasteiger partial charge in [-0.1, -0.05) is 11.6 Å². The molecule has 7 heteroatoms. The quantitative estimate of drug-likeness (QED) is 0.654. The van der Waals surface area contributed by atoms with Crippen molar-refractivity contribution in [1.82, 2.24) is 9.78 Å². The molecule has 0 aliphatic rings. The summed E-state index contributed by atoms with van der Waals surface area (Å²) in [6.45, 7) is 4.53. The maximum Gasteiger partial charge on any atom is 0.178 e. The van der Waals surface area contributed by atoms with Crippen molar-refractivity contribution >= 4 is 60.6 Å². The monoisotopic (exact) mass is 424 g/mol. The normalized spacial score (nSPS) is 11.0. The molecule has 0 N–H and O–H groups in total. The van der Waals surface area contributed by atoms with Gasteiger partial charge >= 0.3 is 0 Å². The summed E-state index contributed by atoms with van der Waals surface area (Å²) in [6.07, 6.45) is 0.271. The molecule has 0 bridgehead atoms. The Hall–Kier alpha value is -0.170. The Morgan fingerprint density at radius 3 is 2.74 bits per heavy atom. The number of nitrogens with zero attached hydrogens (tertiary/aromatic N) is 2. The molecule has 19 heavy (non-hydrogen) atoms. The first-order valence-electron chi connectivity index (χ1n) is 5.63. The number of hydrogen-bond donors (Lipinski definition) is 0. The molecule has 0 radical (unpaired) electrons. The Labute approximate surface area is 137 Å². The number of aryl methyl sites for hydroxylation is 2. The lowest BCUT2D eigenvalue weighted by molar-refractivity contribution is 0.0994. The Morgan fingerprint density at radius 1 is 1.53 bits per heavy atom. The minimum Gasteiger partial charge on any atom is -0.293 e. The van der Waals surface area contributed by atoms with Gasteiger partial charge in [-0.3, -0.25) is 9.48 Å². The molecular weight excluding hydrogens is 415 g/mol. The third-order valence-corrected chi connectivity index (χ3v) is 6.49. The van der Waals surface area contributed by atoms with Crippen LogP contribution in [0.1, 0.15) is 28.0 Å². The zero-order valence-electron chi connectivity index (χ0n) is 10.3. The number of ketones is 1. The summed E-state index contributed by atoms with van der Waals surface area (Å²) in [4.78, 5) is 13.0.